The van der Waals surface area contributed by atoms with Gasteiger partial charge in [0.2, 0.25) is 11.1 Å². The Bertz CT molecular complexity index is 536. The highest BCUT2D eigenvalue weighted by Crippen LogP contribution is 2.26. The monoisotopic (exact) mass is 283 g/mol. The third-order valence-electron chi connectivity index (χ3n) is 2.30. The van der Waals surface area contributed by atoms with E-state index in [1.165, 1.54) is 16.4 Å². The van der Waals surface area contributed by atoms with Crippen molar-refractivity contribution in [1.29, 1.82) is 0 Å². The van der Waals surface area contributed by atoms with Crippen LogP contribution in [0.15, 0.2) is 22.7 Å². The molecule has 0 bridgehead atoms. The highest BCUT2D eigenvalue weighted by Gasteiger charge is 2.19. The number of amides is 1. The Hall–Kier alpha value is -1.54. The van der Waals surface area contributed by atoms with E-state index in [0.29, 0.717) is 11.0 Å². The highest BCUT2D eigenvalue weighted by atomic mass is 32.2. The Kier molecular flexibility index (Phi) is 3.87. The number of hydrogen-bond acceptors (Lipinski definition) is 6. The van der Waals surface area contributed by atoms with Crippen LogP contribution in [0.2, 0.25) is 0 Å². The fraction of sp³-hybridized carbons (Fsp3) is 0.300. The van der Waals surface area contributed by atoms with Crippen LogP contribution in [0.4, 0.5) is 0 Å². The van der Waals surface area contributed by atoms with Gasteiger partial charge < -0.3 is 11.2 Å². The second kappa shape index (κ2) is 5.40. The van der Waals surface area contributed by atoms with E-state index in [1.807, 2.05) is 17.5 Å². The molecule has 0 spiro atoms. The predicted molar refractivity (Wildman–Crippen MR) is 72.9 cm³/mol. The maximum atomic E-state index is 11.4. The summed E-state index contributed by atoms with van der Waals surface area (Å²) in [5.41, 5.74) is 0. The summed E-state index contributed by atoms with van der Waals surface area (Å²) in [6.07, 6.45) is 0. The zero-order chi connectivity index (χ0) is 13.1. The summed E-state index contributed by atoms with van der Waals surface area (Å²) < 4.78 is 1.41. The van der Waals surface area contributed by atoms with Gasteiger partial charge in [0.1, 0.15) is 0 Å². The van der Waals surface area contributed by atoms with Gasteiger partial charge in [-0.15, -0.1) is 21.5 Å². The Labute approximate surface area is 113 Å². The van der Waals surface area contributed by atoms with E-state index in [9.17, 15) is 4.79 Å². The zero-order valence-electron chi connectivity index (χ0n) is 9.95. The van der Waals surface area contributed by atoms with Crippen molar-refractivity contribution in [3.05, 3.63) is 17.5 Å². The van der Waals surface area contributed by atoms with Crippen LogP contribution in [0.25, 0.3) is 10.7 Å². The largest absolute Gasteiger partial charge is 0.358 e. The van der Waals surface area contributed by atoms with Gasteiger partial charge in [0.25, 0.3) is 0 Å². The molecule has 96 valence electrons. The van der Waals surface area contributed by atoms with E-state index in [0.717, 1.165) is 4.88 Å². The number of nitrogens with one attached hydrogen (secondary N) is 1. The van der Waals surface area contributed by atoms with E-state index in [-0.39, 0.29) is 11.2 Å². The number of thioether (sulfide) groups is 1. The van der Waals surface area contributed by atoms with Gasteiger partial charge in [0.05, 0.1) is 10.1 Å². The van der Waals surface area contributed by atoms with E-state index in [4.69, 9.17) is 5.84 Å². The molecule has 2 aromatic heterocycles. The van der Waals surface area contributed by atoms with Gasteiger partial charge in [-0.3, -0.25) is 4.79 Å². The predicted octanol–water partition coefficient (Wildman–Crippen LogP) is 0.947. The Morgan fingerprint density at radius 1 is 1.61 bits per heavy atom. The van der Waals surface area contributed by atoms with Gasteiger partial charge in [-0.25, -0.2) is 4.68 Å². The third kappa shape index (κ3) is 2.49. The Morgan fingerprint density at radius 3 is 3.00 bits per heavy atom. The van der Waals surface area contributed by atoms with Gasteiger partial charge in [0.15, 0.2) is 5.82 Å². The van der Waals surface area contributed by atoms with Crippen LogP contribution in [0.1, 0.15) is 6.92 Å². The lowest BCUT2D eigenvalue weighted by Crippen LogP contribution is -2.27. The molecule has 0 aromatic carbocycles. The van der Waals surface area contributed by atoms with E-state index < -0.39 is 0 Å². The lowest BCUT2D eigenvalue weighted by atomic mass is 10.4. The topological polar surface area (TPSA) is 85.8 Å². The number of rotatable bonds is 4. The minimum Gasteiger partial charge on any atom is -0.358 e. The van der Waals surface area contributed by atoms with Crippen LogP contribution in [0, 0.1) is 0 Å². The van der Waals surface area contributed by atoms with Gasteiger partial charge in [-0.2, -0.15) is 0 Å². The molecule has 8 heteroatoms. The first-order valence-corrected chi connectivity index (χ1v) is 7.02. The third-order valence-corrected chi connectivity index (χ3v) is 4.23. The van der Waals surface area contributed by atoms with Crippen molar-refractivity contribution >= 4 is 29.0 Å². The van der Waals surface area contributed by atoms with Crippen molar-refractivity contribution < 1.29 is 4.79 Å². The summed E-state index contributed by atoms with van der Waals surface area (Å²) in [7, 11) is 1.60. The summed E-state index contributed by atoms with van der Waals surface area (Å²) in [5.74, 6) is 6.47. The van der Waals surface area contributed by atoms with Crippen molar-refractivity contribution in [1.82, 2.24) is 20.2 Å². The van der Waals surface area contributed by atoms with Crippen molar-refractivity contribution in [2.45, 2.75) is 17.3 Å². The summed E-state index contributed by atoms with van der Waals surface area (Å²) in [4.78, 5) is 12.4. The van der Waals surface area contributed by atoms with E-state index in [1.54, 1.807) is 25.3 Å². The van der Waals surface area contributed by atoms with E-state index in [2.05, 4.69) is 15.5 Å². The second-order valence-electron chi connectivity index (χ2n) is 3.53. The van der Waals surface area contributed by atoms with Crippen molar-refractivity contribution in [2.75, 3.05) is 12.9 Å². The van der Waals surface area contributed by atoms with Crippen molar-refractivity contribution in [2.24, 2.45) is 0 Å². The van der Waals surface area contributed by atoms with Crippen LogP contribution in [-0.2, 0) is 4.79 Å². The Balaban J connectivity index is 2.19. The number of hydrogen-bond donors (Lipinski definition) is 2. The first-order valence-electron chi connectivity index (χ1n) is 5.26. The molecule has 0 radical (unpaired) electrons. The molecule has 0 aliphatic carbocycles. The molecule has 0 fully saturated rings. The van der Waals surface area contributed by atoms with Gasteiger partial charge in [-0.1, -0.05) is 17.8 Å². The average molecular weight is 283 g/mol. The molecular formula is C10H13N5OS2. The van der Waals surface area contributed by atoms with Gasteiger partial charge in [-0.05, 0) is 18.4 Å². The van der Waals surface area contributed by atoms with Crippen molar-refractivity contribution in [3.8, 4) is 10.7 Å². The molecule has 0 saturated carbocycles. The minimum absolute atomic E-state index is 0.0688. The maximum absolute atomic E-state index is 11.4. The summed E-state index contributed by atoms with van der Waals surface area (Å²) in [6.45, 7) is 1.79. The standard InChI is InChI=1S/C10H13N5OS2/c1-6(9(16)12-2)18-10-14-13-8(15(10)11)7-4-3-5-17-7/h3-6H,11H2,1-2H3,(H,12,16). The van der Waals surface area contributed by atoms with Crippen LogP contribution in [0.5, 0.6) is 0 Å². The zero-order valence-corrected chi connectivity index (χ0v) is 11.6. The SMILES string of the molecule is CNC(=O)C(C)Sc1nnc(-c2cccs2)n1N. The van der Waals surface area contributed by atoms with Gasteiger partial charge >= 0.3 is 0 Å². The molecule has 2 aromatic rings. The lowest BCUT2D eigenvalue weighted by molar-refractivity contribution is -0.119. The lowest BCUT2D eigenvalue weighted by Gasteiger charge is -2.08. The van der Waals surface area contributed by atoms with Crippen LogP contribution in [0.3, 0.4) is 0 Å². The fourth-order valence-corrected chi connectivity index (χ4v) is 2.88. The van der Waals surface area contributed by atoms with Crippen molar-refractivity contribution in [3.63, 3.8) is 0 Å². The molecule has 2 heterocycles. The fourth-order valence-electron chi connectivity index (χ4n) is 1.35. The number of carbonyl (C=O) groups excluding carboxylic acids is 1. The van der Waals surface area contributed by atoms with Gasteiger partial charge in [0, 0.05) is 7.05 Å². The molecule has 2 rings (SSSR count). The first kappa shape index (κ1) is 12.9. The number of carbonyl (C=O) groups is 1. The van der Waals surface area contributed by atoms with Crippen LogP contribution in [-0.4, -0.2) is 33.1 Å². The number of nitrogens with zero attached hydrogens (tertiary/aromatic N) is 3. The maximum Gasteiger partial charge on any atom is 0.233 e. The average Bonchev–Trinajstić information content (AvgIpc) is 2.99. The first-order chi connectivity index (χ1) is 8.63. The van der Waals surface area contributed by atoms with E-state index >= 15 is 0 Å². The molecule has 6 nitrogen and oxygen atoms in total. The normalized spacial score (nSPS) is 12.3. The summed E-state index contributed by atoms with van der Waals surface area (Å²) in [5, 5.41) is 12.8. The molecule has 0 aliphatic heterocycles. The molecule has 1 amide bonds. The Morgan fingerprint density at radius 2 is 2.39 bits per heavy atom. The second-order valence-corrected chi connectivity index (χ2v) is 5.78. The molecule has 18 heavy (non-hydrogen) atoms. The number of nitrogen functional groups attached to an aromatic ring is 1. The summed E-state index contributed by atoms with van der Waals surface area (Å²) >= 11 is 2.82. The molecule has 3 N–H and O–H groups in total. The van der Waals surface area contributed by atoms with Crippen LogP contribution >= 0.6 is 23.1 Å². The molecule has 0 aliphatic rings. The number of aromatic nitrogens is 3. The molecule has 1 unspecified atom stereocenters. The summed E-state index contributed by atoms with van der Waals surface area (Å²) in [6, 6.07) is 3.85. The quantitative estimate of drug-likeness (QED) is 0.644. The number of nitrogens with two attached hydrogens (primary N) is 1. The highest BCUT2D eigenvalue weighted by molar-refractivity contribution is 8.00. The smallest absolute Gasteiger partial charge is 0.233 e. The number of thiophene rings is 1. The molecule has 1 atom stereocenters. The minimum atomic E-state index is -0.266. The van der Waals surface area contributed by atoms with Crippen LogP contribution < -0.4 is 11.2 Å². The molecular weight excluding hydrogens is 270 g/mol. The molecule has 0 saturated heterocycles.